The number of rotatable bonds is 5. The molecule has 0 aliphatic carbocycles. The van der Waals surface area contributed by atoms with Crippen molar-refractivity contribution >= 4 is 15.7 Å². The van der Waals surface area contributed by atoms with E-state index in [4.69, 9.17) is 5.11 Å². The van der Waals surface area contributed by atoms with Crippen LogP contribution >= 0.6 is 0 Å². The second-order valence-corrected chi connectivity index (χ2v) is 6.95. The van der Waals surface area contributed by atoms with Crippen molar-refractivity contribution < 1.29 is 18.3 Å². The average molecular weight is 309 g/mol. The predicted octanol–water partition coefficient (Wildman–Crippen LogP) is 0.503. The minimum atomic E-state index is -3.09. The first-order chi connectivity index (χ1) is 9.89. The number of carbonyl (C=O) groups excluding carboxylic acids is 1. The van der Waals surface area contributed by atoms with Crippen LogP contribution in [0.5, 0.6) is 0 Å². The van der Waals surface area contributed by atoms with Crippen LogP contribution in [0.4, 0.5) is 0 Å². The van der Waals surface area contributed by atoms with E-state index in [9.17, 15) is 13.2 Å². The minimum absolute atomic E-state index is 0.0636. The van der Waals surface area contributed by atoms with Crippen LogP contribution < -0.4 is 5.32 Å². The van der Waals surface area contributed by atoms with Crippen molar-refractivity contribution in [2.75, 3.05) is 24.7 Å². The Bertz CT molecular complexity index is 669. The fraction of sp³-hybridized carbons (Fsp3) is 0.400. The standard InChI is InChI=1S/C15H19NO4S/c1-3-21(19,20)10-8-16-15(18)14-11-13(5-4-9-17)7-6-12(14)2/h6-7,11,17H,3,8-10H2,1-2H3,(H,16,18). The molecule has 0 saturated carbocycles. The summed E-state index contributed by atoms with van der Waals surface area (Å²) in [6.45, 7) is 3.21. The van der Waals surface area contributed by atoms with Crippen LogP contribution in [-0.2, 0) is 9.84 Å². The van der Waals surface area contributed by atoms with E-state index in [1.54, 1.807) is 32.0 Å². The van der Waals surface area contributed by atoms with Crippen LogP contribution in [0.15, 0.2) is 18.2 Å². The predicted molar refractivity (Wildman–Crippen MR) is 81.8 cm³/mol. The first-order valence-electron chi connectivity index (χ1n) is 6.58. The molecule has 0 spiro atoms. The Morgan fingerprint density at radius 3 is 2.71 bits per heavy atom. The fourth-order valence-corrected chi connectivity index (χ4v) is 2.35. The third-order valence-electron chi connectivity index (χ3n) is 2.93. The molecule has 0 fully saturated rings. The van der Waals surface area contributed by atoms with Gasteiger partial charge in [-0.2, -0.15) is 0 Å². The molecule has 1 rings (SSSR count). The summed E-state index contributed by atoms with van der Waals surface area (Å²) in [6, 6.07) is 5.15. The zero-order valence-corrected chi connectivity index (χ0v) is 13.0. The number of amides is 1. The van der Waals surface area contributed by atoms with Crippen molar-refractivity contribution in [2.45, 2.75) is 13.8 Å². The summed E-state index contributed by atoms with van der Waals surface area (Å²) in [5.41, 5.74) is 1.86. The van der Waals surface area contributed by atoms with Crippen molar-refractivity contribution in [2.24, 2.45) is 0 Å². The normalized spacial score (nSPS) is 10.6. The molecule has 5 nitrogen and oxygen atoms in total. The number of aliphatic hydroxyl groups excluding tert-OH is 1. The maximum atomic E-state index is 12.1. The van der Waals surface area contributed by atoms with Gasteiger partial charge in [-0.1, -0.05) is 24.8 Å². The summed E-state index contributed by atoms with van der Waals surface area (Å²) < 4.78 is 22.7. The summed E-state index contributed by atoms with van der Waals surface area (Å²) in [6.07, 6.45) is 0. The molecule has 21 heavy (non-hydrogen) atoms. The summed E-state index contributed by atoms with van der Waals surface area (Å²) in [4.78, 5) is 12.1. The molecule has 0 heterocycles. The van der Waals surface area contributed by atoms with E-state index in [2.05, 4.69) is 17.2 Å². The molecule has 0 saturated heterocycles. The molecule has 6 heteroatoms. The van der Waals surface area contributed by atoms with Crippen LogP contribution in [-0.4, -0.2) is 44.1 Å². The van der Waals surface area contributed by atoms with Crippen LogP contribution in [0.25, 0.3) is 0 Å². The molecule has 1 aromatic carbocycles. The van der Waals surface area contributed by atoms with Crippen LogP contribution in [0, 0.1) is 18.8 Å². The van der Waals surface area contributed by atoms with Crippen LogP contribution in [0.2, 0.25) is 0 Å². The van der Waals surface area contributed by atoms with E-state index < -0.39 is 9.84 Å². The molecular weight excluding hydrogens is 290 g/mol. The van der Waals surface area contributed by atoms with E-state index >= 15 is 0 Å². The molecule has 0 atom stereocenters. The molecule has 1 amide bonds. The van der Waals surface area contributed by atoms with Gasteiger partial charge in [0, 0.05) is 23.4 Å². The Morgan fingerprint density at radius 1 is 1.38 bits per heavy atom. The molecule has 2 N–H and O–H groups in total. The maximum absolute atomic E-state index is 12.1. The lowest BCUT2D eigenvalue weighted by atomic mass is 10.0. The smallest absolute Gasteiger partial charge is 0.251 e. The lowest BCUT2D eigenvalue weighted by Crippen LogP contribution is -2.30. The van der Waals surface area contributed by atoms with Crippen LogP contribution in [0.3, 0.4) is 0 Å². The van der Waals surface area contributed by atoms with Gasteiger partial charge in [0.2, 0.25) is 0 Å². The Balaban J connectivity index is 2.78. The number of benzene rings is 1. The highest BCUT2D eigenvalue weighted by Crippen LogP contribution is 2.10. The third kappa shape index (κ3) is 5.58. The maximum Gasteiger partial charge on any atom is 0.251 e. The highest BCUT2D eigenvalue weighted by molar-refractivity contribution is 7.91. The second kappa shape index (κ2) is 7.81. The number of aliphatic hydroxyl groups is 1. The summed E-state index contributed by atoms with van der Waals surface area (Å²) in [5.74, 6) is 4.91. The van der Waals surface area contributed by atoms with Crippen molar-refractivity contribution in [1.82, 2.24) is 5.32 Å². The van der Waals surface area contributed by atoms with Gasteiger partial charge in [0.25, 0.3) is 5.91 Å². The SMILES string of the molecule is CCS(=O)(=O)CCNC(=O)c1cc(C#CCO)ccc1C. The van der Waals surface area contributed by atoms with Gasteiger partial charge in [-0.3, -0.25) is 4.79 Å². The number of hydrogen-bond donors (Lipinski definition) is 2. The molecule has 0 unspecified atom stereocenters. The number of nitrogens with one attached hydrogen (secondary N) is 1. The van der Waals surface area contributed by atoms with Crippen molar-refractivity contribution in [3.63, 3.8) is 0 Å². The van der Waals surface area contributed by atoms with Crippen molar-refractivity contribution in [1.29, 1.82) is 0 Å². The Labute approximate surface area is 125 Å². The molecular formula is C15H19NO4S. The Kier molecular flexibility index (Phi) is 6.40. The van der Waals surface area contributed by atoms with Gasteiger partial charge < -0.3 is 10.4 Å². The lowest BCUT2D eigenvalue weighted by Gasteiger charge is -2.08. The van der Waals surface area contributed by atoms with E-state index in [0.717, 1.165) is 5.56 Å². The van der Waals surface area contributed by atoms with Crippen LogP contribution in [0.1, 0.15) is 28.4 Å². The lowest BCUT2D eigenvalue weighted by molar-refractivity contribution is 0.0955. The summed E-state index contributed by atoms with van der Waals surface area (Å²) in [7, 11) is -3.09. The zero-order chi connectivity index (χ0) is 15.9. The van der Waals surface area contributed by atoms with E-state index in [0.29, 0.717) is 11.1 Å². The molecule has 0 radical (unpaired) electrons. The topological polar surface area (TPSA) is 83.5 Å². The van der Waals surface area contributed by atoms with Gasteiger partial charge in [-0.25, -0.2) is 8.42 Å². The monoisotopic (exact) mass is 309 g/mol. The van der Waals surface area contributed by atoms with E-state index in [1.165, 1.54) is 0 Å². The van der Waals surface area contributed by atoms with E-state index in [1.807, 2.05) is 0 Å². The number of carbonyl (C=O) groups is 1. The molecule has 0 aliphatic heterocycles. The quantitative estimate of drug-likeness (QED) is 0.776. The first-order valence-corrected chi connectivity index (χ1v) is 8.40. The number of hydrogen-bond acceptors (Lipinski definition) is 4. The highest BCUT2D eigenvalue weighted by Gasteiger charge is 2.11. The average Bonchev–Trinajstić information content (AvgIpc) is 2.46. The first kappa shape index (κ1) is 17.2. The Morgan fingerprint density at radius 2 is 2.10 bits per heavy atom. The zero-order valence-electron chi connectivity index (χ0n) is 12.1. The van der Waals surface area contributed by atoms with Crippen molar-refractivity contribution in [3.05, 3.63) is 34.9 Å². The van der Waals surface area contributed by atoms with Gasteiger partial charge in [0.05, 0.1) is 5.75 Å². The van der Waals surface area contributed by atoms with E-state index in [-0.39, 0.29) is 30.6 Å². The van der Waals surface area contributed by atoms with Gasteiger partial charge in [-0.15, -0.1) is 0 Å². The molecule has 0 bridgehead atoms. The summed E-state index contributed by atoms with van der Waals surface area (Å²) >= 11 is 0. The molecule has 0 aromatic heterocycles. The second-order valence-electron chi connectivity index (χ2n) is 4.48. The Hall–Kier alpha value is -1.84. The number of sulfone groups is 1. The number of aryl methyl sites for hydroxylation is 1. The highest BCUT2D eigenvalue weighted by atomic mass is 32.2. The minimum Gasteiger partial charge on any atom is -0.384 e. The van der Waals surface area contributed by atoms with Gasteiger partial charge in [-0.05, 0) is 24.6 Å². The molecule has 114 valence electrons. The van der Waals surface area contributed by atoms with Crippen molar-refractivity contribution in [3.8, 4) is 11.8 Å². The van der Waals surface area contributed by atoms with Gasteiger partial charge in [0.15, 0.2) is 9.84 Å². The van der Waals surface area contributed by atoms with Gasteiger partial charge >= 0.3 is 0 Å². The molecule has 1 aromatic rings. The molecule has 0 aliphatic rings. The largest absolute Gasteiger partial charge is 0.384 e. The van der Waals surface area contributed by atoms with Gasteiger partial charge in [0.1, 0.15) is 6.61 Å². The summed E-state index contributed by atoms with van der Waals surface area (Å²) in [5, 5.41) is 11.3. The third-order valence-corrected chi connectivity index (χ3v) is 4.64. The fourth-order valence-electron chi connectivity index (χ4n) is 1.65.